The largest absolute Gasteiger partial charge is 0.497 e. The van der Waals surface area contributed by atoms with Gasteiger partial charge < -0.3 is 14.4 Å². The summed E-state index contributed by atoms with van der Waals surface area (Å²) in [5.74, 6) is 1.27. The SMILES string of the molecule is COc1ccc(S(=O)(=O)N2CCN(C(=O)C3Cc4ccccc4O3)CC2)cc1. The molecule has 4 rings (SSSR count). The van der Waals surface area contributed by atoms with Crippen LogP contribution in [-0.4, -0.2) is 62.9 Å². The van der Waals surface area contributed by atoms with Crippen LogP contribution in [0.4, 0.5) is 0 Å². The smallest absolute Gasteiger partial charge is 0.264 e. The maximum atomic E-state index is 12.8. The first-order chi connectivity index (χ1) is 13.5. The molecule has 1 amide bonds. The van der Waals surface area contributed by atoms with Gasteiger partial charge in [-0.15, -0.1) is 0 Å². The zero-order chi connectivity index (χ0) is 19.7. The van der Waals surface area contributed by atoms with Crippen molar-refractivity contribution in [2.45, 2.75) is 17.4 Å². The summed E-state index contributed by atoms with van der Waals surface area (Å²) in [5.41, 5.74) is 1.03. The Morgan fingerprint density at radius 3 is 2.36 bits per heavy atom. The van der Waals surface area contributed by atoms with Gasteiger partial charge in [-0.25, -0.2) is 8.42 Å². The van der Waals surface area contributed by atoms with E-state index >= 15 is 0 Å². The van der Waals surface area contributed by atoms with Gasteiger partial charge >= 0.3 is 0 Å². The van der Waals surface area contributed by atoms with Crippen molar-refractivity contribution in [3.63, 3.8) is 0 Å². The molecule has 0 N–H and O–H groups in total. The van der Waals surface area contributed by atoms with Crippen LogP contribution >= 0.6 is 0 Å². The molecule has 1 unspecified atom stereocenters. The summed E-state index contributed by atoms with van der Waals surface area (Å²) in [6.07, 6.45) is 0.0291. The third-order valence-electron chi connectivity index (χ3n) is 5.17. The van der Waals surface area contributed by atoms with Crippen LogP contribution in [-0.2, 0) is 21.2 Å². The molecule has 0 bridgehead atoms. The number of piperazine rings is 1. The van der Waals surface area contributed by atoms with E-state index in [0.29, 0.717) is 25.3 Å². The van der Waals surface area contributed by atoms with Gasteiger partial charge in [-0.1, -0.05) is 18.2 Å². The molecule has 0 aliphatic carbocycles. The third kappa shape index (κ3) is 3.45. The summed E-state index contributed by atoms with van der Waals surface area (Å²) >= 11 is 0. The Morgan fingerprint density at radius 2 is 1.71 bits per heavy atom. The average molecular weight is 402 g/mol. The highest BCUT2D eigenvalue weighted by Crippen LogP contribution is 2.29. The number of para-hydroxylation sites is 1. The number of ether oxygens (including phenoxy) is 2. The molecule has 0 saturated carbocycles. The zero-order valence-corrected chi connectivity index (χ0v) is 16.4. The molecule has 0 aromatic heterocycles. The van der Waals surface area contributed by atoms with Gasteiger partial charge in [-0.2, -0.15) is 4.31 Å². The van der Waals surface area contributed by atoms with Crippen molar-refractivity contribution < 1.29 is 22.7 Å². The topological polar surface area (TPSA) is 76.2 Å². The maximum Gasteiger partial charge on any atom is 0.264 e. The normalized spacial score (nSPS) is 19.8. The summed E-state index contributed by atoms with van der Waals surface area (Å²) in [4.78, 5) is 14.7. The van der Waals surface area contributed by atoms with E-state index in [2.05, 4.69) is 0 Å². The molecular weight excluding hydrogens is 380 g/mol. The van der Waals surface area contributed by atoms with Crippen LogP contribution in [0.2, 0.25) is 0 Å². The van der Waals surface area contributed by atoms with Crippen molar-refractivity contribution in [3.05, 3.63) is 54.1 Å². The minimum absolute atomic E-state index is 0.0855. The standard InChI is InChI=1S/C20H22N2O5S/c1-26-16-6-8-17(9-7-16)28(24,25)22-12-10-21(11-13-22)20(23)19-14-15-4-2-3-5-18(15)27-19/h2-9,19H,10-14H2,1H3. The fourth-order valence-corrected chi connectivity index (χ4v) is 4.99. The van der Waals surface area contributed by atoms with Crippen molar-refractivity contribution in [3.8, 4) is 11.5 Å². The first-order valence-electron chi connectivity index (χ1n) is 9.16. The molecule has 2 aliphatic heterocycles. The van der Waals surface area contributed by atoms with E-state index in [1.54, 1.807) is 17.0 Å². The third-order valence-corrected chi connectivity index (χ3v) is 7.08. The average Bonchev–Trinajstić information content (AvgIpc) is 3.17. The van der Waals surface area contributed by atoms with Crippen LogP contribution in [0.15, 0.2) is 53.4 Å². The van der Waals surface area contributed by atoms with E-state index in [4.69, 9.17) is 9.47 Å². The van der Waals surface area contributed by atoms with Gasteiger partial charge in [0, 0.05) is 32.6 Å². The Hall–Kier alpha value is -2.58. The molecular formula is C20H22N2O5S. The molecule has 1 saturated heterocycles. The monoisotopic (exact) mass is 402 g/mol. The molecule has 8 heteroatoms. The zero-order valence-electron chi connectivity index (χ0n) is 15.6. The molecule has 1 atom stereocenters. The lowest BCUT2D eigenvalue weighted by atomic mass is 10.1. The number of methoxy groups -OCH3 is 1. The first kappa shape index (κ1) is 18.8. The highest BCUT2D eigenvalue weighted by Gasteiger charge is 2.35. The van der Waals surface area contributed by atoms with E-state index in [0.717, 1.165) is 11.3 Å². The van der Waals surface area contributed by atoms with Crippen molar-refractivity contribution >= 4 is 15.9 Å². The maximum absolute atomic E-state index is 12.8. The van der Waals surface area contributed by atoms with Gasteiger partial charge in [0.2, 0.25) is 10.0 Å². The highest BCUT2D eigenvalue weighted by atomic mass is 32.2. The summed E-state index contributed by atoms with van der Waals surface area (Å²) in [6.45, 7) is 1.23. The number of rotatable bonds is 4. The molecule has 148 valence electrons. The summed E-state index contributed by atoms with van der Waals surface area (Å²) in [6, 6.07) is 14.0. The molecule has 2 aromatic rings. The molecule has 1 fully saturated rings. The number of sulfonamides is 1. The molecule has 2 aliphatic rings. The van der Waals surface area contributed by atoms with Crippen molar-refractivity contribution in [2.75, 3.05) is 33.3 Å². The molecule has 0 spiro atoms. The van der Waals surface area contributed by atoms with Gasteiger partial charge in [0.1, 0.15) is 11.5 Å². The predicted molar refractivity (Wildman–Crippen MR) is 103 cm³/mol. The fourth-order valence-electron chi connectivity index (χ4n) is 3.57. The summed E-state index contributed by atoms with van der Waals surface area (Å²) < 4.78 is 37.9. The second kappa shape index (κ2) is 7.44. The van der Waals surface area contributed by atoms with E-state index < -0.39 is 16.1 Å². The van der Waals surface area contributed by atoms with Gasteiger partial charge in [0.25, 0.3) is 5.91 Å². The Labute approximate surface area is 164 Å². The van der Waals surface area contributed by atoms with E-state index in [1.807, 2.05) is 24.3 Å². The minimum atomic E-state index is -3.59. The number of hydrogen-bond acceptors (Lipinski definition) is 5. The molecule has 28 heavy (non-hydrogen) atoms. The highest BCUT2D eigenvalue weighted by molar-refractivity contribution is 7.89. The Kier molecular flexibility index (Phi) is 4.99. The number of carbonyl (C=O) groups excluding carboxylic acids is 1. The minimum Gasteiger partial charge on any atom is -0.497 e. The second-order valence-electron chi connectivity index (χ2n) is 6.82. The fraction of sp³-hybridized carbons (Fsp3) is 0.350. The number of hydrogen-bond donors (Lipinski definition) is 0. The molecule has 2 aromatic carbocycles. The Morgan fingerprint density at radius 1 is 1.04 bits per heavy atom. The lowest BCUT2D eigenvalue weighted by Gasteiger charge is -2.35. The van der Waals surface area contributed by atoms with E-state index in [9.17, 15) is 13.2 Å². The van der Waals surface area contributed by atoms with Crippen LogP contribution in [0.1, 0.15) is 5.56 Å². The quantitative estimate of drug-likeness (QED) is 0.775. The second-order valence-corrected chi connectivity index (χ2v) is 8.76. The van der Waals surface area contributed by atoms with Crippen molar-refractivity contribution in [2.24, 2.45) is 0 Å². The van der Waals surface area contributed by atoms with Crippen molar-refractivity contribution in [1.29, 1.82) is 0 Å². The van der Waals surface area contributed by atoms with Crippen LogP contribution < -0.4 is 9.47 Å². The van der Waals surface area contributed by atoms with E-state index in [-0.39, 0.29) is 23.9 Å². The van der Waals surface area contributed by atoms with Crippen LogP contribution in [0.3, 0.4) is 0 Å². The van der Waals surface area contributed by atoms with Crippen LogP contribution in [0.25, 0.3) is 0 Å². The molecule has 0 radical (unpaired) electrons. The lowest BCUT2D eigenvalue weighted by Crippen LogP contribution is -2.53. The first-order valence-corrected chi connectivity index (χ1v) is 10.6. The van der Waals surface area contributed by atoms with Gasteiger partial charge in [0.15, 0.2) is 6.10 Å². The Balaban J connectivity index is 1.38. The number of amides is 1. The van der Waals surface area contributed by atoms with Crippen LogP contribution in [0, 0.1) is 0 Å². The summed E-state index contributed by atoms with van der Waals surface area (Å²) in [7, 11) is -2.06. The number of nitrogens with zero attached hydrogens (tertiary/aromatic N) is 2. The predicted octanol–water partition coefficient (Wildman–Crippen LogP) is 1.53. The molecule has 2 heterocycles. The van der Waals surface area contributed by atoms with Crippen molar-refractivity contribution in [1.82, 2.24) is 9.21 Å². The number of benzene rings is 2. The van der Waals surface area contributed by atoms with Gasteiger partial charge in [-0.3, -0.25) is 4.79 Å². The van der Waals surface area contributed by atoms with Gasteiger partial charge in [0.05, 0.1) is 12.0 Å². The van der Waals surface area contributed by atoms with Crippen LogP contribution in [0.5, 0.6) is 11.5 Å². The number of fused-ring (bicyclic) bond motifs is 1. The molecule has 7 nitrogen and oxygen atoms in total. The van der Waals surface area contributed by atoms with Gasteiger partial charge in [-0.05, 0) is 35.9 Å². The van der Waals surface area contributed by atoms with E-state index in [1.165, 1.54) is 23.5 Å². The number of carbonyl (C=O) groups is 1. The summed E-state index contributed by atoms with van der Waals surface area (Å²) in [5, 5.41) is 0. The lowest BCUT2D eigenvalue weighted by molar-refractivity contribution is -0.139. The Bertz CT molecular complexity index is 941.